The lowest BCUT2D eigenvalue weighted by molar-refractivity contribution is -0.143. The van der Waals surface area contributed by atoms with Crippen molar-refractivity contribution in [2.45, 2.75) is 341 Å². The van der Waals surface area contributed by atoms with Gasteiger partial charge in [0.05, 0.1) is 25.4 Å². The van der Waals surface area contributed by atoms with Crippen LogP contribution in [0.25, 0.3) is 0 Å². The van der Waals surface area contributed by atoms with Gasteiger partial charge in [-0.2, -0.15) is 0 Å². The molecule has 2 atom stereocenters. The highest BCUT2D eigenvalue weighted by Crippen LogP contribution is 2.18. The molecule has 0 heterocycles. The van der Waals surface area contributed by atoms with Crippen molar-refractivity contribution in [3.8, 4) is 0 Å². The molecule has 0 aliphatic carbocycles. The first-order valence-electron chi connectivity index (χ1n) is 30.1. The number of nitrogens with one attached hydrogen (secondary N) is 1. The first-order valence-corrected chi connectivity index (χ1v) is 30.1. The zero-order chi connectivity index (χ0) is 48.6. The van der Waals surface area contributed by atoms with Crippen LogP contribution in [0.3, 0.4) is 0 Å². The number of rotatable bonds is 56. The van der Waals surface area contributed by atoms with E-state index in [1.165, 1.54) is 238 Å². The Morgan fingerprint density at radius 3 is 1.16 bits per heavy atom. The highest BCUT2D eigenvalue weighted by molar-refractivity contribution is 5.76. The van der Waals surface area contributed by atoms with Crippen molar-refractivity contribution >= 4 is 11.9 Å². The molecule has 0 fully saturated rings. The summed E-state index contributed by atoms with van der Waals surface area (Å²) in [5.41, 5.74) is 0. The number of carbonyl (C=O) groups is 2. The van der Waals surface area contributed by atoms with Crippen molar-refractivity contribution in [1.29, 1.82) is 0 Å². The number of allylic oxidation sites excluding steroid dienone is 4. The van der Waals surface area contributed by atoms with E-state index >= 15 is 0 Å². The molecule has 1 amide bonds. The second-order valence-corrected chi connectivity index (χ2v) is 20.7. The van der Waals surface area contributed by atoms with Gasteiger partial charge in [0.2, 0.25) is 5.91 Å². The van der Waals surface area contributed by atoms with E-state index in [4.69, 9.17) is 4.74 Å². The lowest BCUT2D eigenvalue weighted by Crippen LogP contribution is -2.45. The van der Waals surface area contributed by atoms with E-state index in [1.807, 2.05) is 6.08 Å². The van der Waals surface area contributed by atoms with Crippen LogP contribution in [-0.2, 0) is 14.3 Å². The highest BCUT2D eigenvalue weighted by atomic mass is 16.5. The van der Waals surface area contributed by atoms with Crippen LogP contribution in [-0.4, -0.2) is 47.4 Å². The number of aliphatic hydroxyl groups excluding tert-OH is 2. The molecule has 0 aromatic rings. The highest BCUT2D eigenvalue weighted by Gasteiger charge is 2.20. The Balaban J connectivity index is 3.52. The molecule has 6 nitrogen and oxygen atoms in total. The molecular formula is C61H117NO5. The van der Waals surface area contributed by atoms with E-state index in [0.29, 0.717) is 32.3 Å². The second kappa shape index (κ2) is 56.9. The first-order chi connectivity index (χ1) is 33.0. The van der Waals surface area contributed by atoms with Gasteiger partial charge >= 0.3 is 5.97 Å². The number of esters is 1. The minimum atomic E-state index is -0.700. The fraction of sp³-hybridized carbons (Fsp3) is 0.902. The largest absolute Gasteiger partial charge is 0.466 e. The summed E-state index contributed by atoms with van der Waals surface area (Å²) in [6.45, 7) is 4.91. The number of unbranched alkanes of at least 4 members (excludes halogenated alkanes) is 41. The van der Waals surface area contributed by atoms with Gasteiger partial charge in [0.1, 0.15) is 0 Å². The minimum absolute atomic E-state index is 0.0139. The Labute approximate surface area is 418 Å². The fourth-order valence-corrected chi connectivity index (χ4v) is 9.40. The summed E-state index contributed by atoms with van der Waals surface area (Å²) in [5, 5.41) is 23.3. The Hall–Kier alpha value is -1.66. The summed E-state index contributed by atoms with van der Waals surface area (Å²) in [5.74, 6) is -0.126. The summed E-state index contributed by atoms with van der Waals surface area (Å²) >= 11 is 0. The number of aliphatic hydroxyl groups is 2. The maximum absolute atomic E-state index is 12.5. The van der Waals surface area contributed by atoms with Crippen LogP contribution in [0.4, 0.5) is 0 Å². The molecule has 3 N–H and O–H groups in total. The topological polar surface area (TPSA) is 95.9 Å². The average molecular weight is 945 g/mol. The van der Waals surface area contributed by atoms with E-state index in [0.717, 1.165) is 51.4 Å². The molecule has 396 valence electrons. The zero-order valence-electron chi connectivity index (χ0n) is 45.1. The van der Waals surface area contributed by atoms with E-state index in [9.17, 15) is 19.8 Å². The Morgan fingerprint density at radius 1 is 0.418 bits per heavy atom. The number of ether oxygens (including phenoxy) is 1. The zero-order valence-corrected chi connectivity index (χ0v) is 45.1. The van der Waals surface area contributed by atoms with Crippen molar-refractivity contribution in [3.63, 3.8) is 0 Å². The molecule has 0 radical (unpaired) electrons. The van der Waals surface area contributed by atoms with Crippen molar-refractivity contribution in [2.24, 2.45) is 0 Å². The lowest BCUT2D eigenvalue weighted by atomic mass is 10.0. The maximum Gasteiger partial charge on any atom is 0.305 e. The van der Waals surface area contributed by atoms with E-state index in [1.54, 1.807) is 0 Å². The third-order valence-electron chi connectivity index (χ3n) is 14.0. The van der Waals surface area contributed by atoms with Gasteiger partial charge in [-0.25, -0.2) is 0 Å². The quantitative estimate of drug-likeness (QED) is 0.0321. The normalized spacial score (nSPS) is 12.7. The predicted molar refractivity (Wildman–Crippen MR) is 292 cm³/mol. The van der Waals surface area contributed by atoms with E-state index in [2.05, 4.69) is 37.4 Å². The summed E-state index contributed by atoms with van der Waals surface area (Å²) in [4.78, 5) is 24.5. The predicted octanol–water partition coefficient (Wildman–Crippen LogP) is 18.6. The average Bonchev–Trinajstić information content (AvgIpc) is 3.33. The molecule has 6 heteroatoms. The number of hydrogen-bond donors (Lipinski definition) is 3. The molecular weight excluding hydrogens is 827 g/mol. The van der Waals surface area contributed by atoms with Crippen molar-refractivity contribution in [3.05, 3.63) is 24.3 Å². The van der Waals surface area contributed by atoms with Gasteiger partial charge < -0.3 is 20.3 Å². The van der Waals surface area contributed by atoms with Crippen molar-refractivity contribution in [2.75, 3.05) is 13.2 Å². The Bertz CT molecular complexity index is 1040. The third-order valence-corrected chi connectivity index (χ3v) is 14.0. The van der Waals surface area contributed by atoms with Gasteiger partial charge in [0, 0.05) is 12.8 Å². The molecule has 0 saturated carbocycles. The second-order valence-electron chi connectivity index (χ2n) is 20.7. The SMILES string of the molecule is CCCCCCCCCCCCCCCCCCCCCCCCCC(O)C(CO)NC(=O)CC/C=C\C/C=C\CCCCCCCCOC(=O)CCCCCCCCCCCCCCCC. The van der Waals surface area contributed by atoms with Crippen LogP contribution in [0, 0.1) is 0 Å². The Morgan fingerprint density at radius 2 is 0.761 bits per heavy atom. The van der Waals surface area contributed by atoms with Gasteiger partial charge in [-0.05, 0) is 44.9 Å². The van der Waals surface area contributed by atoms with E-state index < -0.39 is 12.1 Å². The van der Waals surface area contributed by atoms with Crippen LogP contribution in [0.5, 0.6) is 0 Å². The molecule has 0 aromatic carbocycles. The smallest absolute Gasteiger partial charge is 0.305 e. The Kier molecular flexibility index (Phi) is 55.5. The van der Waals surface area contributed by atoms with Gasteiger partial charge in [-0.3, -0.25) is 9.59 Å². The minimum Gasteiger partial charge on any atom is -0.466 e. The maximum atomic E-state index is 12.5. The molecule has 0 rings (SSSR count). The molecule has 0 spiro atoms. The third kappa shape index (κ3) is 53.5. The molecule has 67 heavy (non-hydrogen) atoms. The van der Waals surface area contributed by atoms with Crippen LogP contribution in [0.1, 0.15) is 328 Å². The van der Waals surface area contributed by atoms with Crippen LogP contribution in [0.15, 0.2) is 24.3 Å². The van der Waals surface area contributed by atoms with Gasteiger partial charge in [-0.1, -0.05) is 295 Å². The monoisotopic (exact) mass is 944 g/mol. The fourth-order valence-electron chi connectivity index (χ4n) is 9.40. The summed E-state index contributed by atoms with van der Waals surface area (Å²) in [6, 6.07) is -0.586. The summed E-state index contributed by atoms with van der Waals surface area (Å²) < 4.78 is 5.46. The number of carbonyl (C=O) groups excluding carboxylic acids is 2. The summed E-state index contributed by atoms with van der Waals surface area (Å²) in [6.07, 6.45) is 69.0. The van der Waals surface area contributed by atoms with E-state index in [-0.39, 0.29) is 18.5 Å². The summed E-state index contributed by atoms with van der Waals surface area (Å²) in [7, 11) is 0. The van der Waals surface area contributed by atoms with Crippen molar-refractivity contribution in [1.82, 2.24) is 5.32 Å². The van der Waals surface area contributed by atoms with Crippen LogP contribution < -0.4 is 5.32 Å². The first kappa shape index (κ1) is 65.3. The molecule has 0 aliphatic rings. The number of amides is 1. The molecule has 0 aromatic heterocycles. The van der Waals surface area contributed by atoms with Crippen LogP contribution >= 0.6 is 0 Å². The lowest BCUT2D eigenvalue weighted by Gasteiger charge is -2.22. The van der Waals surface area contributed by atoms with Gasteiger partial charge in [0.15, 0.2) is 0 Å². The van der Waals surface area contributed by atoms with Crippen LogP contribution in [0.2, 0.25) is 0 Å². The van der Waals surface area contributed by atoms with Gasteiger partial charge in [-0.15, -0.1) is 0 Å². The molecule has 0 saturated heterocycles. The standard InChI is InChI=1S/C61H117NO5/c1-3-5-7-9-11-13-15-17-19-20-21-22-23-24-25-26-27-29-33-37-41-45-49-53-59(64)58(57-63)62-60(65)54-50-46-42-38-34-30-28-32-36-40-44-48-52-56-67-61(66)55-51-47-43-39-35-31-18-16-14-12-10-8-6-4-2/h30,34,42,46,58-59,63-64H,3-29,31-33,35-41,43-45,47-57H2,1-2H3,(H,62,65)/b34-30-,46-42-. The molecule has 0 aliphatic heterocycles. The number of hydrogen-bond acceptors (Lipinski definition) is 5. The van der Waals surface area contributed by atoms with Gasteiger partial charge in [0.25, 0.3) is 0 Å². The molecule has 0 bridgehead atoms. The molecule has 2 unspecified atom stereocenters. The van der Waals surface area contributed by atoms with Crippen molar-refractivity contribution < 1.29 is 24.5 Å².